The maximum Gasteiger partial charge on any atom is 0.250 e. The van der Waals surface area contributed by atoms with Crippen molar-refractivity contribution in [1.82, 2.24) is 15.0 Å². The van der Waals surface area contributed by atoms with Gasteiger partial charge in [-0.1, -0.05) is 0 Å². The Kier molecular flexibility index (Phi) is 7.41. The molecule has 10 nitrogen and oxygen atoms in total. The molecule has 3 N–H and O–H groups in total. The minimum absolute atomic E-state index is 0.313. The van der Waals surface area contributed by atoms with Gasteiger partial charge in [0.15, 0.2) is 11.5 Å². The summed E-state index contributed by atoms with van der Waals surface area (Å²) in [6.07, 6.45) is 1.59. The fourth-order valence-corrected chi connectivity index (χ4v) is 2.29. The fourth-order valence-electron chi connectivity index (χ4n) is 2.29. The molecule has 27 heavy (non-hydrogen) atoms. The van der Waals surface area contributed by atoms with Crippen molar-refractivity contribution in [3.05, 3.63) is 17.7 Å². The summed E-state index contributed by atoms with van der Waals surface area (Å²) in [6.45, 7) is 5.32. The number of benzene rings is 1. The second kappa shape index (κ2) is 10.00. The van der Waals surface area contributed by atoms with Crippen LogP contribution in [0.25, 0.3) is 0 Å². The van der Waals surface area contributed by atoms with Gasteiger partial charge >= 0.3 is 0 Å². The van der Waals surface area contributed by atoms with Crippen LogP contribution in [0.3, 0.4) is 0 Å². The third kappa shape index (κ3) is 5.09. The summed E-state index contributed by atoms with van der Waals surface area (Å²) >= 11 is 0. The Bertz CT molecular complexity index is 759. The minimum atomic E-state index is 0.313. The van der Waals surface area contributed by atoms with E-state index in [1.165, 1.54) is 0 Å². The Morgan fingerprint density at radius 3 is 1.96 bits per heavy atom. The average molecular weight is 375 g/mol. The van der Waals surface area contributed by atoms with Gasteiger partial charge in [-0.15, -0.1) is 0 Å². The Morgan fingerprint density at radius 1 is 0.852 bits per heavy atom. The molecule has 1 aromatic heterocycles. The molecule has 0 aliphatic heterocycles. The average Bonchev–Trinajstić information content (AvgIpc) is 2.67. The topological polar surface area (TPSA) is 115 Å². The first kappa shape index (κ1) is 20.0. The van der Waals surface area contributed by atoms with Crippen molar-refractivity contribution in [3.63, 3.8) is 0 Å². The van der Waals surface area contributed by atoms with E-state index in [0.29, 0.717) is 53.7 Å². The van der Waals surface area contributed by atoms with E-state index in [9.17, 15) is 0 Å². The highest BCUT2D eigenvalue weighted by Gasteiger charge is 2.14. The number of hydrazone groups is 1. The molecule has 0 atom stereocenters. The van der Waals surface area contributed by atoms with Crippen molar-refractivity contribution in [3.8, 4) is 17.2 Å². The molecule has 0 saturated heterocycles. The second-order valence-corrected chi connectivity index (χ2v) is 5.16. The van der Waals surface area contributed by atoms with Crippen LogP contribution < -0.4 is 30.3 Å². The maximum absolute atomic E-state index is 5.43. The molecular formula is C17H25N7O3. The van der Waals surface area contributed by atoms with Crippen LogP contribution in [0.4, 0.5) is 17.8 Å². The largest absolute Gasteiger partial charge is 0.493 e. The first-order valence-corrected chi connectivity index (χ1v) is 8.48. The minimum Gasteiger partial charge on any atom is -0.493 e. The number of anilines is 3. The van der Waals surface area contributed by atoms with E-state index in [1.807, 2.05) is 19.9 Å². The zero-order valence-electron chi connectivity index (χ0n) is 16.2. The number of methoxy groups -OCH3 is 3. The Balaban J connectivity index is 2.24. The van der Waals surface area contributed by atoms with Crippen LogP contribution in [0.2, 0.25) is 0 Å². The number of hydrogen-bond donors (Lipinski definition) is 3. The molecular weight excluding hydrogens is 350 g/mol. The van der Waals surface area contributed by atoms with Crippen molar-refractivity contribution in [2.45, 2.75) is 13.8 Å². The second-order valence-electron chi connectivity index (χ2n) is 5.16. The highest BCUT2D eigenvalue weighted by atomic mass is 16.5. The molecule has 0 amide bonds. The molecule has 1 aromatic carbocycles. The predicted octanol–water partition coefficient (Wildman–Crippen LogP) is 2.21. The lowest BCUT2D eigenvalue weighted by molar-refractivity contribution is 0.324. The number of nitrogens with zero attached hydrogens (tertiary/aromatic N) is 4. The first-order chi connectivity index (χ1) is 13.2. The van der Waals surface area contributed by atoms with E-state index >= 15 is 0 Å². The van der Waals surface area contributed by atoms with Crippen LogP contribution >= 0.6 is 0 Å². The summed E-state index contributed by atoms with van der Waals surface area (Å²) in [5, 5.41) is 10.3. The van der Waals surface area contributed by atoms with Gasteiger partial charge < -0.3 is 24.8 Å². The summed E-state index contributed by atoms with van der Waals surface area (Å²) < 4.78 is 16.1. The lowest BCUT2D eigenvalue weighted by atomic mass is 10.2. The SMILES string of the molecule is CCNc1nc(NCC)nc(N/N=C\c2ccc(OC)c(OC)c2OC)n1. The lowest BCUT2D eigenvalue weighted by Gasteiger charge is -2.13. The van der Waals surface area contributed by atoms with Gasteiger partial charge in [-0.3, -0.25) is 0 Å². The third-order valence-electron chi connectivity index (χ3n) is 3.41. The zero-order chi connectivity index (χ0) is 19.6. The van der Waals surface area contributed by atoms with E-state index in [-0.39, 0.29) is 0 Å². The number of nitrogens with one attached hydrogen (secondary N) is 3. The first-order valence-electron chi connectivity index (χ1n) is 8.48. The standard InChI is InChI=1S/C17H25N7O3/c1-6-18-15-21-16(19-7-2)23-17(22-15)24-20-10-11-8-9-12(25-3)14(27-5)13(11)26-4/h8-10H,6-7H2,1-5H3,(H3,18,19,21,22,23,24)/b20-10-. The molecule has 0 bridgehead atoms. The maximum atomic E-state index is 5.43. The molecule has 0 radical (unpaired) electrons. The van der Waals surface area contributed by atoms with E-state index in [1.54, 1.807) is 33.6 Å². The molecule has 10 heteroatoms. The van der Waals surface area contributed by atoms with E-state index in [4.69, 9.17) is 14.2 Å². The van der Waals surface area contributed by atoms with Gasteiger partial charge in [-0.25, -0.2) is 5.43 Å². The molecule has 146 valence electrons. The molecule has 0 aliphatic carbocycles. The third-order valence-corrected chi connectivity index (χ3v) is 3.41. The number of ether oxygens (including phenoxy) is 3. The highest BCUT2D eigenvalue weighted by Crippen LogP contribution is 2.38. The molecule has 0 aliphatic rings. The molecule has 2 aromatic rings. The van der Waals surface area contributed by atoms with Crippen molar-refractivity contribution < 1.29 is 14.2 Å². The summed E-state index contributed by atoms with van der Waals surface area (Å²) in [5.74, 6) is 2.82. The van der Waals surface area contributed by atoms with Gasteiger partial charge in [0.1, 0.15) is 0 Å². The monoisotopic (exact) mass is 375 g/mol. The summed E-state index contributed by atoms with van der Waals surface area (Å²) in [4.78, 5) is 12.8. The lowest BCUT2D eigenvalue weighted by Crippen LogP contribution is -2.10. The number of rotatable bonds is 10. The van der Waals surface area contributed by atoms with Gasteiger partial charge in [0, 0.05) is 18.7 Å². The van der Waals surface area contributed by atoms with E-state index in [2.05, 4.69) is 36.1 Å². The Morgan fingerprint density at radius 2 is 1.44 bits per heavy atom. The summed E-state index contributed by atoms with van der Waals surface area (Å²) in [6, 6.07) is 3.59. The normalized spacial score (nSPS) is 10.6. The molecule has 0 unspecified atom stereocenters. The van der Waals surface area contributed by atoms with Crippen molar-refractivity contribution >= 4 is 24.1 Å². The van der Waals surface area contributed by atoms with Gasteiger partial charge in [0.25, 0.3) is 0 Å². The zero-order valence-corrected chi connectivity index (χ0v) is 16.2. The van der Waals surface area contributed by atoms with Gasteiger partial charge in [-0.05, 0) is 26.0 Å². The fraction of sp³-hybridized carbons (Fsp3) is 0.412. The number of aromatic nitrogens is 3. The Labute approximate surface area is 158 Å². The number of hydrogen-bond acceptors (Lipinski definition) is 10. The van der Waals surface area contributed by atoms with Gasteiger partial charge in [0.05, 0.1) is 27.5 Å². The molecule has 2 rings (SSSR count). The van der Waals surface area contributed by atoms with Crippen LogP contribution in [0.1, 0.15) is 19.4 Å². The molecule has 0 saturated carbocycles. The van der Waals surface area contributed by atoms with Crippen molar-refractivity contribution in [2.75, 3.05) is 50.5 Å². The van der Waals surface area contributed by atoms with E-state index in [0.717, 1.165) is 0 Å². The molecule has 0 fully saturated rings. The summed E-state index contributed by atoms with van der Waals surface area (Å²) in [7, 11) is 4.67. The highest BCUT2D eigenvalue weighted by molar-refractivity contribution is 5.86. The van der Waals surface area contributed by atoms with E-state index < -0.39 is 0 Å². The van der Waals surface area contributed by atoms with Crippen LogP contribution in [0.5, 0.6) is 17.2 Å². The molecule has 1 heterocycles. The van der Waals surface area contributed by atoms with Gasteiger partial charge in [-0.2, -0.15) is 20.1 Å². The van der Waals surface area contributed by atoms with Crippen molar-refractivity contribution in [1.29, 1.82) is 0 Å². The summed E-state index contributed by atoms with van der Waals surface area (Å²) in [5.41, 5.74) is 3.51. The van der Waals surface area contributed by atoms with Crippen LogP contribution in [-0.2, 0) is 0 Å². The van der Waals surface area contributed by atoms with Crippen molar-refractivity contribution in [2.24, 2.45) is 5.10 Å². The van der Waals surface area contributed by atoms with Crippen LogP contribution in [0, 0.1) is 0 Å². The predicted molar refractivity (Wildman–Crippen MR) is 105 cm³/mol. The quantitative estimate of drug-likeness (QED) is 0.424. The van der Waals surface area contributed by atoms with Crippen LogP contribution in [-0.4, -0.2) is 55.6 Å². The van der Waals surface area contributed by atoms with Gasteiger partial charge in [0.2, 0.25) is 23.6 Å². The Hall–Kier alpha value is -3.30. The van der Waals surface area contributed by atoms with Crippen LogP contribution in [0.15, 0.2) is 17.2 Å². The smallest absolute Gasteiger partial charge is 0.250 e. The molecule has 0 spiro atoms.